The van der Waals surface area contributed by atoms with E-state index in [1.165, 1.54) is 0 Å². The Morgan fingerprint density at radius 2 is 2.10 bits per heavy atom. The monoisotopic (exact) mass is 291 g/mol. The summed E-state index contributed by atoms with van der Waals surface area (Å²) in [4.78, 5) is 23.1. The fraction of sp³-hybridized carbons (Fsp3) is 0.500. The molecule has 0 bridgehead atoms. The van der Waals surface area contributed by atoms with Gasteiger partial charge in [-0.15, -0.1) is 0 Å². The molecular formula is C16H21NO4. The molecule has 0 radical (unpaired) electrons. The molecule has 1 amide bonds. The van der Waals surface area contributed by atoms with Crippen molar-refractivity contribution in [2.45, 2.75) is 45.3 Å². The lowest BCUT2D eigenvalue weighted by Crippen LogP contribution is -2.33. The average Bonchev–Trinajstić information content (AvgIpc) is 2.87. The minimum absolute atomic E-state index is 0.0504. The van der Waals surface area contributed by atoms with Gasteiger partial charge in [-0.1, -0.05) is 6.07 Å². The molecule has 5 nitrogen and oxygen atoms in total. The Morgan fingerprint density at radius 3 is 2.71 bits per heavy atom. The van der Waals surface area contributed by atoms with Crippen LogP contribution in [-0.2, 0) is 4.79 Å². The van der Waals surface area contributed by atoms with E-state index >= 15 is 0 Å². The van der Waals surface area contributed by atoms with Crippen LogP contribution in [0.5, 0.6) is 5.75 Å². The van der Waals surface area contributed by atoms with Crippen LogP contribution in [0.2, 0.25) is 0 Å². The van der Waals surface area contributed by atoms with Crippen molar-refractivity contribution in [2.24, 2.45) is 5.92 Å². The largest absolute Gasteiger partial charge is 0.491 e. The summed E-state index contributed by atoms with van der Waals surface area (Å²) in [5.74, 6) is -0.641. The molecule has 1 aliphatic carbocycles. The first-order valence-corrected chi connectivity index (χ1v) is 7.26. The zero-order valence-electron chi connectivity index (χ0n) is 12.3. The summed E-state index contributed by atoms with van der Waals surface area (Å²) in [7, 11) is 0. The number of rotatable bonds is 5. The summed E-state index contributed by atoms with van der Waals surface area (Å²) in [6, 6.07) is 6.97. The lowest BCUT2D eigenvalue weighted by atomic mass is 10.1. The molecule has 2 rings (SSSR count). The second kappa shape index (κ2) is 6.61. The van der Waals surface area contributed by atoms with Crippen LogP contribution in [0.1, 0.15) is 43.5 Å². The Morgan fingerprint density at radius 1 is 1.33 bits per heavy atom. The van der Waals surface area contributed by atoms with Crippen LogP contribution in [-0.4, -0.2) is 29.1 Å². The Balaban J connectivity index is 1.96. The molecule has 2 unspecified atom stereocenters. The molecule has 1 aromatic rings. The van der Waals surface area contributed by atoms with Crippen LogP contribution in [0.3, 0.4) is 0 Å². The lowest BCUT2D eigenvalue weighted by Gasteiger charge is -2.14. The highest BCUT2D eigenvalue weighted by Gasteiger charge is 2.30. The van der Waals surface area contributed by atoms with E-state index in [-0.39, 0.29) is 24.0 Å². The molecule has 0 aliphatic heterocycles. The number of nitrogens with one attached hydrogen (secondary N) is 1. The van der Waals surface area contributed by atoms with Crippen LogP contribution in [0.15, 0.2) is 24.3 Å². The molecule has 114 valence electrons. The summed E-state index contributed by atoms with van der Waals surface area (Å²) >= 11 is 0. The second-order valence-electron chi connectivity index (χ2n) is 5.71. The number of carboxylic acids is 1. The Bertz CT molecular complexity index is 527. The van der Waals surface area contributed by atoms with Crippen LogP contribution < -0.4 is 10.1 Å². The van der Waals surface area contributed by atoms with Gasteiger partial charge in [-0.25, -0.2) is 0 Å². The number of amides is 1. The van der Waals surface area contributed by atoms with Gasteiger partial charge in [0.05, 0.1) is 12.0 Å². The van der Waals surface area contributed by atoms with Crippen molar-refractivity contribution in [1.29, 1.82) is 0 Å². The third-order valence-corrected chi connectivity index (χ3v) is 3.59. The number of carbonyl (C=O) groups excluding carboxylic acids is 1. The summed E-state index contributed by atoms with van der Waals surface area (Å²) in [6.07, 6.45) is 1.89. The quantitative estimate of drug-likeness (QED) is 0.873. The van der Waals surface area contributed by atoms with Crippen molar-refractivity contribution >= 4 is 11.9 Å². The summed E-state index contributed by atoms with van der Waals surface area (Å²) in [5, 5.41) is 11.9. The van der Waals surface area contributed by atoms with E-state index in [1.807, 2.05) is 19.9 Å². The molecule has 21 heavy (non-hydrogen) atoms. The summed E-state index contributed by atoms with van der Waals surface area (Å²) < 4.78 is 5.57. The minimum Gasteiger partial charge on any atom is -0.491 e. The van der Waals surface area contributed by atoms with Gasteiger partial charge in [0.2, 0.25) is 0 Å². The maximum atomic E-state index is 12.2. The number of carbonyl (C=O) groups is 2. The average molecular weight is 291 g/mol. The van der Waals surface area contributed by atoms with E-state index in [9.17, 15) is 9.59 Å². The topological polar surface area (TPSA) is 75.6 Å². The number of carboxylic acid groups (broad SMARTS) is 1. The van der Waals surface area contributed by atoms with Crippen LogP contribution in [0.4, 0.5) is 0 Å². The molecule has 0 heterocycles. The summed E-state index contributed by atoms with van der Waals surface area (Å²) in [5.41, 5.74) is 0.534. The third kappa shape index (κ3) is 4.21. The molecule has 1 fully saturated rings. The fourth-order valence-electron chi connectivity index (χ4n) is 2.59. The molecule has 2 atom stereocenters. The Labute approximate surface area is 124 Å². The number of aliphatic carboxylic acids is 1. The van der Waals surface area contributed by atoms with Gasteiger partial charge in [-0.2, -0.15) is 0 Å². The standard InChI is InChI=1S/C16H21NO4/c1-10(2)21-14-5-3-4-11(9-14)15(18)17-13-7-6-12(8-13)16(19)20/h3-5,9-10,12-13H,6-8H2,1-2H3,(H,17,18)(H,19,20). The molecule has 2 N–H and O–H groups in total. The van der Waals surface area contributed by atoms with Gasteiger partial charge in [0.1, 0.15) is 5.75 Å². The van der Waals surface area contributed by atoms with Gasteiger partial charge in [0.15, 0.2) is 0 Å². The highest BCUT2D eigenvalue weighted by atomic mass is 16.5. The van der Waals surface area contributed by atoms with Crippen molar-refractivity contribution in [3.63, 3.8) is 0 Å². The Hall–Kier alpha value is -2.04. The van der Waals surface area contributed by atoms with Crippen LogP contribution in [0, 0.1) is 5.92 Å². The maximum Gasteiger partial charge on any atom is 0.306 e. The summed E-state index contributed by atoms with van der Waals surface area (Å²) in [6.45, 7) is 3.86. The molecule has 5 heteroatoms. The number of benzene rings is 1. The van der Waals surface area contributed by atoms with Gasteiger partial charge >= 0.3 is 5.97 Å². The number of ether oxygens (including phenoxy) is 1. The molecule has 1 saturated carbocycles. The zero-order valence-corrected chi connectivity index (χ0v) is 12.3. The smallest absolute Gasteiger partial charge is 0.306 e. The van der Waals surface area contributed by atoms with Gasteiger partial charge in [0.25, 0.3) is 5.91 Å². The third-order valence-electron chi connectivity index (χ3n) is 3.59. The number of hydrogen-bond donors (Lipinski definition) is 2. The lowest BCUT2D eigenvalue weighted by molar-refractivity contribution is -0.141. The minimum atomic E-state index is -0.779. The first-order valence-electron chi connectivity index (χ1n) is 7.26. The highest BCUT2D eigenvalue weighted by Crippen LogP contribution is 2.26. The zero-order chi connectivity index (χ0) is 15.4. The van der Waals surface area contributed by atoms with Gasteiger partial charge in [-0.3, -0.25) is 9.59 Å². The fourth-order valence-corrected chi connectivity index (χ4v) is 2.59. The normalized spacial score (nSPS) is 21.3. The SMILES string of the molecule is CC(C)Oc1cccc(C(=O)NC2CCC(C(=O)O)C2)c1. The predicted molar refractivity (Wildman–Crippen MR) is 78.4 cm³/mol. The predicted octanol–water partition coefficient (Wildman–Crippen LogP) is 2.46. The van der Waals surface area contributed by atoms with Gasteiger partial charge < -0.3 is 15.2 Å². The molecule has 0 saturated heterocycles. The first-order chi connectivity index (χ1) is 9.95. The Kier molecular flexibility index (Phi) is 4.83. The second-order valence-corrected chi connectivity index (χ2v) is 5.71. The van der Waals surface area contributed by atoms with Crippen LogP contribution in [0.25, 0.3) is 0 Å². The van der Waals surface area contributed by atoms with Crippen molar-refractivity contribution < 1.29 is 19.4 Å². The van der Waals surface area contributed by atoms with Crippen molar-refractivity contribution in [1.82, 2.24) is 5.32 Å². The molecule has 0 aromatic heterocycles. The van der Waals surface area contributed by atoms with Gasteiger partial charge in [0, 0.05) is 11.6 Å². The van der Waals surface area contributed by atoms with E-state index in [0.717, 1.165) is 0 Å². The van der Waals surface area contributed by atoms with Crippen molar-refractivity contribution in [3.8, 4) is 5.75 Å². The number of hydrogen-bond acceptors (Lipinski definition) is 3. The van der Waals surface area contributed by atoms with E-state index < -0.39 is 5.97 Å². The molecule has 1 aromatic carbocycles. The maximum absolute atomic E-state index is 12.2. The van der Waals surface area contributed by atoms with E-state index in [0.29, 0.717) is 30.6 Å². The first kappa shape index (κ1) is 15.4. The van der Waals surface area contributed by atoms with E-state index in [2.05, 4.69) is 5.32 Å². The van der Waals surface area contributed by atoms with Crippen molar-refractivity contribution in [2.75, 3.05) is 0 Å². The van der Waals surface area contributed by atoms with E-state index in [4.69, 9.17) is 9.84 Å². The van der Waals surface area contributed by atoms with Gasteiger partial charge in [-0.05, 0) is 51.3 Å². The molecule has 0 spiro atoms. The molecule has 1 aliphatic rings. The highest BCUT2D eigenvalue weighted by molar-refractivity contribution is 5.94. The van der Waals surface area contributed by atoms with Crippen molar-refractivity contribution in [3.05, 3.63) is 29.8 Å². The van der Waals surface area contributed by atoms with E-state index in [1.54, 1.807) is 18.2 Å². The molecular weight excluding hydrogens is 270 g/mol. The van der Waals surface area contributed by atoms with Crippen LogP contribution >= 0.6 is 0 Å².